The third-order valence-corrected chi connectivity index (χ3v) is 11.3. The van der Waals surface area contributed by atoms with E-state index in [2.05, 4.69) is 0 Å². The van der Waals surface area contributed by atoms with Crippen LogP contribution in [0.4, 0.5) is 9.18 Å². The number of carbonyl (C=O) groups excluding carboxylic acids is 2. The normalized spacial score (nSPS) is 19.7. The first-order chi connectivity index (χ1) is 24.1. The van der Waals surface area contributed by atoms with Crippen LogP contribution in [-0.2, 0) is 39.4 Å². The smallest absolute Gasteiger partial charge is 0.410 e. The number of aryl methyl sites for hydroxylation is 1. The molecule has 1 unspecified atom stereocenters. The van der Waals surface area contributed by atoms with Gasteiger partial charge in [0.1, 0.15) is 12.4 Å². The molecule has 10 heteroatoms. The average Bonchev–Trinajstić information content (AvgIpc) is 3.65. The van der Waals surface area contributed by atoms with Crippen molar-refractivity contribution in [2.24, 2.45) is 0 Å². The highest BCUT2D eigenvalue weighted by Gasteiger charge is 2.46. The van der Waals surface area contributed by atoms with Crippen LogP contribution in [-0.4, -0.2) is 45.2 Å². The molecule has 0 bridgehead atoms. The monoisotopic (exact) mass is 671 g/mol. The Balaban J connectivity index is 1.12. The standard InChI is InChI=1S/C40H34FN3O6/c1-4-40(48)29-15-32-35-27(18-44(32)37(45)28(29)19-49-38(40)46)33-21(13-14-22-20(2)30(41)16-31(42-35)34(22)33)17-43(3)39(47)50-36-25-11-7-5-9-23(25)24-10-6-8-12-26(24)36/h5-12,15-16,21,36,48H,4,13-14,17-19H2,1-3H3/t21?,40-/m0/s1. The number of benzene rings is 3. The van der Waals surface area contributed by atoms with E-state index in [1.165, 1.54) is 6.07 Å². The molecular weight excluding hydrogens is 637 g/mol. The molecule has 9 nitrogen and oxygen atoms in total. The fourth-order valence-corrected chi connectivity index (χ4v) is 8.67. The maximum Gasteiger partial charge on any atom is 0.410 e. The molecule has 1 amide bonds. The summed E-state index contributed by atoms with van der Waals surface area (Å²) < 4.78 is 28.4. The summed E-state index contributed by atoms with van der Waals surface area (Å²) >= 11 is 0. The number of fused-ring (bicyclic) bond motifs is 8. The maximum atomic E-state index is 15.3. The Morgan fingerprint density at radius 2 is 1.78 bits per heavy atom. The highest BCUT2D eigenvalue weighted by atomic mass is 19.1. The molecule has 4 heterocycles. The number of pyridine rings is 2. The zero-order valence-corrected chi connectivity index (χ0v) is 27.9. The van der Waals surface area contributed by atoms with Crippen LogP contribution in [0.15, 0.2) is 65.5 Å². The number of nitrogens with zero attached hydrogens (tertiary/aromatic N) is 3. The van der Waals surface area contributed by atoms with Gasteiger partial charge < -0.3 is 24.0 Å². The predicted octanol–water partition coefficient (Wildman–Crippen LogP) is 6.40. The number of aromatic nitrogens is 2. The second kappa shape index (κ2) is 10.8. The van der Waals surface area contributed by atoms with Gasteiger partial charge in [-0.15, -0.1) is 0 Å². The van der Waals surface area contributed by atoms with Gasteiger partial charge >= 0.3 is 12.1 Å². The Bertz CT molecular complexity index is 2360. The molecule has 0 radical (unpaired) electrons. The predicted molar refractivity (Wildman–Crippen MR) is 183 cm³/mol. The highest BCUT2D eigenvalue weighted by molar-refractivity contribution is 5.93. The molecule has 2 aliphatic carbocycles. The van der Waals surface area contributed by atoms with Gasteiger partial charge in [0.05, 0.1) is 29.0 Å². The molecule has 9 rings (SSSR count). The number of rotatable bonds is 4. The van der Waals surface area contributed by atoms with Gasteiger partial charge in [-0.25, -0.2) is 19.0 Å². The largest absolute Gasteiger partial charge is 0.458 e. The van der Waals surface area contributed by atoms with Crippen molar-refractivity contribution < 1.29 is 28.6 Å². The molecule has 0 spiro atoms. The minimum Gasteiger partial charge on any atom is -0.458 e. The number of esters is 1. The van der Waals surface area contributed by atoms with Crippen molar-refractivity contribution >= 4 is 23.0 Å². The van der Waals surface area contributed by atoms with E-state index in [9.17, 15) is 19.5 Å². The maximum absolute atomic E-state index is 15.3. The van der Waals surface area contributed by atoms with Crippen LogP contribution in [0.2, 0.25) is 0 Å². The van der Waals surface area contributed by atoms with Crippen LogP contribution in [0.5, 0.6) is 0 Å². The summed E-state index contributed by atoms with van der Waals surface area (Å²) in [5.74, 6) is -1.31. The van der Waals surface area contributed by atoms with Gasteiger partial charge in [0.15, 0.2) is 11.7 Å². The van der Waals surface area contributed by atoms with Gasteiger partial charge in [-0.2, -0.15) is 0 Å². The van der Waals surface area contributed by atoms with Gasteiger partial charge in [0.25, 0.3) is 5.56 Å². The zero-order chi connectivity index (χ0) is 34.6. The number of aliphatic hydroxyl groups is 1. The molecule has 0 saturated carbocycles. The molecule has 0 saturated heterocycles. The second-order valence-electron chi connectivity index (χ2n) is 13.9. The van der Waals surface area contributed by atoms with Crippen molar-refractivity contribution in [3.8, 4) is 22.5 Å². The summed E-state index contributed by atoms with van der Waals surface area (Å²) in [4.78, 5) is 47.0. The summed E-state index contributed by atoms with van der Waals surface area (Å²) in [6.07, 6.45) is 0.294. The third kappa shape index (κ3) is 4.14. The number of hydrogen-bond donors (Lipinski definition) is 1. The quantitative estimate of drug-likeness (QED) is 0.216. The van der Waals surface area contributed by atoms with E-state index in [0.29, 0.717) is 41.9 Å². The van der Waals surface area contributed by atoms with Gasteiger partial charge in [0.2, 0.25) is 0 Å². The SMILES string of the molecule is CC[C@@]1(O)C(=O)OCc2c1cc1n(c2=O)Cc2c-1nc1cc(F)c(C)c3c1c2C(CN(C)C(=O)OC1c2ccccc2-c2ccccc21)CC3. The molecule has 3 aromatic carbocycles. The van der Waals surface area contributed by atoms with E-state index in [-0.39, 0.29) is 48.0 Å². The lowest BCUT2D eigenvalue weighted by atomic mass is 9.78. The molecule has 252 valence electrons. The number of ether oxygens (including phenoxy) is 2. The second-order valence-corrected chi connectivity index (χ2v) is 13.9. The van der Waals surface area contributed by atoms with Crippen molar-refractivity contribution in [1.29, 1.82) is 0 Å². The Morgan fingerprint density at radius 3 is 2.48 bits per heavy atom. The molecule has 5 aromatic rings. The van der Waals surface area contributed by atoms with E-state index < -0.39 is 23.8 Å². The summed E-state index contributed by atoms with van der Waals surface area (Å²) in [6.45, 7) is 3.75. The lowest BCUT2D eigenvalue weighted by Crippen LogP contribution is -2.44. The molecule has 50 heavy (non-hydrogen) atoms. The summed E-state index contributed by atoms with van der Waals surface area (Å²) in [7, 11) is 1.73. The van der Waals surface area contributed by atoms with Crippen molar-refractivity contribution in [3.05, 3.63) is 121 Å². The van der Waals surface area contributed by atoms with Crippen molar-refractivity contribution in [2.75, 3.05) is 13.6 Å². The fraction of sp³-hybridized carbons (Fsp3) is 0.300. The summed E-state index contributed by atoms with van der Waals surface area (Å²) in [5.41, 5.74) is 6.77. The van der Waals surface area contributed by atoms with Crippen molar-refractivity contribution in [1.82, 2.24) is 14.5 Å². The number of hydrogen-bond acceptors (Lipinski definition) is 7. The van der Waals surface area contributed by atoms with Crippen LogP contribution < -0.4 is 5.56 Å². The van der Waals surface area contributed by atoms with Crippen LogP contribution in [0.3, 0.4) is 0 Å². The summed E-state index contributed by atoms with van der Waals surface area (Å²) in [5, 5.41) is 12.2. The molecule has 4 aliphatic rings. The lowest BCUT2D eigenvalue weighted by molar-refractivity contribution is -0.172. The molecule has 2 atom stereocenters. The minimum absolute atomic E-state index is 0.0291. The van der Waals surface area contributed by atoms with Gasteiger partial charge in [-0.1, -0.05) is 55.5 Å². The summed E-state index contributed by atoms with van der Waals surface area (Å²) in [6, 6.07) is 19.0. The molecule has 2 aromatic heterocycles. The topological polar surface area (TPSA) is 111 Å². The minimum atomic E-state index is -1.96. The van der Waals surface area contributed by atoms with E-state index in [0.717, 1.165) is 44.3 Å². The Morgan fingerprint density at radius 1 is 1.08 bits per heavy atom. The van der Waals surface area contributed by atoms with Crippen LogP contribution in [0, 0.1) is 12.7 Å². The van der Waals surface area contributed by atoms with Crippen LogP contribution in [0.1, 0.15) is 76.3 Å². The lowest BCUT2D eigenvalue weighted by Gasteiger charge is -2.32. The van der Waals surface area contributed by atoms with E-state index >= 15 is 4.39 Å². The van der Waals surface area contributed by atoms with Crippen LogP contribution in [0.25, 0.3) is 33.4 Å². The molecule has 2 aliphatic heterocycles. The van der Waals surface area contributed by atoms with Gasteiger partial charge in [0, 0.05) is 53.2 Å². The zero-order valence-electron chi connectivity index (χ0n) is 27.9. The molecule has 0 fully saturated rings. The highest BCUT2D eigenvalue weighted by Crippen LogP contribution is 2.48. The molecule has 1 N–H and O–H groups in total. The first-order valence-corrected chi connectivity index (χ1v) is 17.0. The Labute approximate surface area is 286 Å². The van der Waals surface area contributed by atoms with E-state index in [4.69, 9.17) is 14.5 Å². The molecular formula is C40H34FN3O6. The Kier molecular flexibility index (Phi) is 6.64. The number of carbonyl (C=O) groups is 2. The van der Waals surface area contributed by atoms with E-state index in [1.807, 2.05) is 48.5 Å². The van der Waals surface area contributed by atoms with E-state index in [1.54, 1.807) is 36.4 Å². The number of cyclic esters (lactones) is 1. The number of amides is 1. The first-order valence-electron chi connectivity index (χ1n) is 17.0. The van der Waals surface area contributed by atoms with Crippen LogP contribution >= 0.6 is 0 Å². The number of halogens is 1. The van der Waals surface area contributed by atoms with Crippen molar-refractivity contribution in [2.45, 2.75) is 63.9 Å². The average molecular weight is 672 g/mol. The van der Waals surface area contributed by atoms with Gasteiger partial charge in [-0.3, -0.25) is 4.79 Å². The first kappa shape index (κ1) is 30.7. The van der Waals surface area contributed by atoms with Gasteiger partial charge in [-0.05, 0) is 60.1 Å². The number of likely N-dealkylation sites (N-methyl/N-ethyl adjacent to an activating group) is 1. The Hall–Kier alpha value is -5.35. The third-order valence-electron chi connectivity index (χ3n) is 11.3. The fourth-order valence-electron chi connectivity index (χ4n) is 8.67. The van der Waals surface area contributed by atoms with Crippen molar-refractivity contribution in [3.63, 3.8) is 0 Å².